The lowest BCUT2D eigenvalue weighted by atomic mass is 10.2. The quantitative estimate of drug-likeness (QED) is 0.805. The van der Waals surface area contributed by atoms with Crippen molar-refractivity contribution in [2.75, 3.05) is 58.1 Å². The second-order valence-corrected chi connectivity index (χ2v) is 5.24. The third-order valence-corrected chi connectivity index (χ3v) is 3.89. The topological polar surface area (TPSA) is 51.0 Å². The van der Waals surface area contributed by atoms with E-state index in [-0.39, 0.29) is 0 Å². The van der Waals surface area contributed by atoms with E-state index in [2.05, 4.69) is 16.8 Å². The smallest absolute Gasteiger partial charge is 0.162 e. The standard InChI is InChI=1S/C15H25N3O2/c1-17(8-9-18-6-4-5-7-18)13-11-15(20-3)14(19-2)10-12(13)16/h10-11H,4-9,16H2,1-3H3. The Labute approximate surface area is 121 Å². The van der Waals surface area contributed by atoms with Crippen molar-refractivity contribution in [2.24, 2.45) is 0 Å². The molecule has 1 aromatic carbocycles. The van der Waals surface area contributed by atoms with Gasteiger partial charge in [0.25, 0.3) is 0 Å². The van der Waals surface area contributed by atoms with Gasteiger partial charge in [0.05, 0.1) is 25.6 Å². The van der Waals surface area contributed by atoms with Gasteiger partial charge in [0.2, 0.25) is 0 Å². The molecule has 5 heteroatoms. The normalized spacial score (nSPS) is 15.3. The first kappa shape index (κ1) is 14.8. The van der Waals surface area contributed by atoms with E-state index >= 15 is 0 Å². The second-order valence-electron chi connectivity index (χ2n) is 5.24. The van der Waals surface area contributed by atoms with E-state index in [0.717, 1.165) is 18.8 Å². The van der Waals surface area contributed by atoms with E-state index in [0.29, 0.717) is 17.2 Å². The lowest BCUT2D eigenvalue weighted by molar-refractivity contribution is 0.346. The van der Waals surface area contributed by atoms with E-state index in [4.69, 9.17) is 15.2 Å². The van der Waals surface area contributed by atoms with Gasteiger partial charge in [-0.2, -0.15) is 0 Å². The van der Waals surface area contributed by atoms with Gasteiger partial charge < -0.3 is 25.0 Å². The number of ether oxygens (including phenoxy) is 2. The van der Waals surface area contributed by atoms with Gasteiger partial charge in [-0.05, 0) is 25.9 Å². The summed E-state index contributed by atoms with van der Waals surface area (Å²) in [5.41, 5.74) is 7.82. The van der Waals surface area contributed by atoms with Crippen molar-refractivity contribution in [3.63, 3.8) is 0 Å². The third kappa shape index (κ3) is 3.28. The number of nitrogens with zero attached hydrogens (tertiary/aromatic N) is 2. The summed E-state index contributed by atoms with van der Waals surface area (Å²) in [7, 11) is 5.32. The van der Waals surface area contributed by atoms with Crippen LogP contribution in [-0.2, 0) is 0 Å². The van der Waals surface area contributed by atoms with Gasteiger partial charge in [0, 0.05) is 32.3 Å². The number of methoxy groups -OCH3 is 2. The molecule has 0 aromatic heterocycles. The monoisotopic (exact) mass is 279 g/mol. The summed E-state index contributed by atoms with van der Waals surface area (Å²) in [6.45, 7) is 4.47. The van der Waals surface area contributed by atoms with Gasteiger partial charge in [0.15, 0.2) is 11.5 Å². The van der Waals surface area contributed by atoms with Gasteiger partial charge >= 0.3 is 0 Å². The molecular weight excluding hydrogens is 254 g/mol. The minimum absolute atomic E-state index is 0.668. The van der Waals surface area contributed by atoms with Gasteiger partial charge in [-0.3, -0.25) is 0 Å². The van der Waals surface area contributed by atoms with Crippen molar-refractivity contribution in [3.8, 4) is 11.5 Å². The zero-order valence-electron chi connectivity index (χ0n) is 12.7. The van der Waals surface area contributed by atoms with Crippen LogP contribution >= 0.6 is 0 Å². The Morgan fingerprint density at radius 1 is 1.15 bits per heavy atom. The van der Waals surface area contributed by atoms with E-state index in [1.165, 1.54) is 25.9 Å². The summed E-state index contributed by atoms with van der Waals surface area (Å²) in [6.07, 6.45) is 2.64. The van der Waals surface area contributed by atoms with Crippen molar-refractivity contribution in [2.45, 2.75) is 12.8 Å². The average Bonchev–Trinajstić information content (AvgIpc) is 2.97. The van der Waals surface area contributed by atoms with Gasteiger partial charge in [-0.15, -0.1) is 0 Å². The van der Waals surface area contributed by atoms with Crippen LogP contribution in [0.3, 0.4) is 0 Å². The molecule has 0 saturated carbocycles. The fourth-order valence-electron chi connectivity index (χ4n) is 2.63. The van der Waals surface area contributed by atoms with Crippen LogP contribution in [0.5, 0.6) is 11.5 Å². The Bertz CT molecular complexity index is 445. The van der Waals surface area contributed by atoms with Crippen molar-refractivity contribution in [1.29, 1.82) is 0 Å². The van der Waals surface area contributed by atoms with E-state index in [9.17, 15) is 0 Å². The minimum Gasteiger partial charge on any atom is -0.493 e. The first-order chi connectivity index (χ1) is 9.65. The summed E-state index contributed by atoms with van der Waals surface area (Å²) in [4.78, 5) is 4.67. The highest BCUT2D eigenvalue weighted by molar-refractivity contribution is 5.72. The highest BCUT2D eigenvalue weighted by Crippen LogP contribution is 2.36. The molecule has 1 aromatic rings. The number of rotatable bonds is 6. The Morgan fingerprint density at radius 2 is 1.75 bits per heavy atom. The molecule has 0 spiro atoms. The number of benzene rings is 1. The molecule has 20 heavy (non-hydrogen) atoms. The lowest BCUT2D eigenvalue weighted by Crippen LogP contribution is -2.31. The molecule has 1 aliphatic heterocycles. The van der Waals surface area contributed by atoms with Crippen molar-refractivity contribution in [3.05, 3.63) is 12.1 Å². The molecule has 1 fully saturated rings. The van der Waals surface area contributed by atoms with Crippen LogP contribution in [0.1, 0.15) is 12.8 Å². The molecule has 0 unspecified atom stereocenters. The predicted octanol–water partition coefficient (Wildman–Crippen LogP) is 1.82. The molecule has 0 radical (unpaired) electrons. The number of likely N-dealkylation sites (N-methyl/N-ethyl adjacent to an activating group) is 1. The van der Waals surface area contributed by atoms with E-state index < -0.39 is 0 Å². The van der Waals surface area contributed by atoms with Crippen molar-refractivity contribution >= 4 is 11.4 Å². The molecule has 0 amide bonds. The summed E-state index contributed by atoms with van der Waals surface area (Å²) >= 11 is 0. The van der Waals surface area contributed by atoms with Crippen molar-refractivity contribution < 1.29 is 9.47 Å². The molecule has 0 atom stereocenters. The van der Waals surface area contributed by atoms with Crippen LogP contribution in [0.4, 0.5) is 11.4 Å². The van der Waals surface area contributed by atoms with E-state index in [1.807, 2.05) is 12.1 Å². The molecular formula is C15H25N3O2. The molecule has 1 aliphatic rings. The maximum atomic E-state index is 6.11. The first-order valence-corrected chi connectivity index (χ1v) is 7.10. The molecule has 0 aliphatic carbocycles. The molecule has 5 nitrogen and oxygen atoms in total. The highest BCUT2D eigenvalue weighted by atomic mass is 16.5. The highest BCUT2D eigenvalue weighted by Gasteiger charge is 2.15. The predicted molar refractivity (Wildman–Crippen MR) is 82.9 cm³/mol. The molecule has 112 valence electrons. The maximum absolute atomic E-state index is 6.11. The number of hydrogen-bond donors (Lipinski definition) is 1. The maximum Gasteiger partial charge on any atom is 0.162 e. The molecule has 1 saturated heterocycles. The van der Waals surface area contributed by atoms with Crippen LogP contribution in [0.25, 0.3) is 0 Å². The number of likely N-dealkylation sites (tertiary alicyclic amines) is 1. The fourth-order valence-corrected chi connectivity index (χ4v) is 2.63. The zero-order valence-corrected chi connectivity index (χ0v) is 12.7. The second kappa shape index (κ2) is 6.70. The molecule has 2 N–H and O–H groups in total. The zero-order chi connectivity index (χ0) is 14.5. The Kier molecular flexibility index (Phi) is 4.95. The largest absolute Gasteiger partial charge is 0.493 e. The Morgan fingerprint density at radius 3 is 2.35 bits per heavy atom. The lowest BCUT2D eigenvalue weighted by Gasteiger charge is -2.25. The minimum atomic E-state index is 0.668. The number of nitrogens with two attached hydrogens (primary N) is 1. The number of anilines is 2. The Hall–Kier alpha value is -1.62. The van der Waals surface area contributed by atoms with E-state index in [1.54, 1.807) is 14.2 Å². The first-order valence-electron chi connectivity index (χ1n) is 7.10. The van der Waals surface area contributed by atoms with Crippen LogP contribution in [0, 0.1) is 0 Å². The van der Waals surface area contributed by atoms with Gasteiger partial charge in [0.1, 0.15) is 0 Å². The Balaban J connectivity index is 2.06. The molecule has 0 bridgehead atoms. The fraction of sp³-hybridized carbons (Fsp3) is 0.600. The summed E-state index contributed by atoms with van der Waals surface area (Å²) < 4.78 is 10.6. The number of hydrogen-bond acceptors (Lipinski definition) is 5. The number of nitrogen functional groups attached to an aromatic ring is 1. The molecule has 2 rings (SSSR count). The molecule has 1 heterocycles. The van der Waals surface area contributed by atoms with Crippen LogP contribution < -0.4 is 20.1 Å². The van der Waals surface area contributed by atoms with Crippen LogP contribution in [0.15, 0.2) is 12.1 Å². The average molecular weight is 279 g/mol. The van der Waals surface area contributed by atoms with Crippen LogP contribution in [-0.4, -0.2) is 52.3 Å². The summed E-state index contributed by atoms with van der Waals surface area (Å²) in [6, 6.07) is 3.76. The third-order valence-electron chi connectivity index (χ3n) is 3.89. The summed E-state index contributed by atoms with van der Waals surface area (Å²) in [5.74, 6) is 1.38. The van der Waals surface area contributed by atoms with Gasteiger partial charge in [-0.25, -0.2) is 0 Å². The van der Waals surface area contributed by atoms with Gasteiger partial charge in [-0.1, -0.05) is 0 Å². The van der Waals surface area contributed by atoms with Crippen LogP contribution in [0.2, 0.25) is 0 Å². The summed E-state index contributed by atoms with van der Waals surface area (Å²) in [5, 5.41) is 0. The SMILES string of the molecule is COc1cc(N)c(N(C)CCN2CCCC2)cc1OC. The van der Waals surface area contributed by atoms with Crippen molar-refractivity contribution in [1.82, 2.24) is 4.90 Å².